The fraction of sp³-hybridized carbons (Fsp3) is 0.350. The Labute approximate surface area is 148 Å². The van der Waals surface area contributed by atoms with Gasteiger partial charge in [-0.2, -0.15) is 0 Å². The van der Waals surface area contributed by atoms with E-state index in [1.807, 2.05) is 24.3 Å². The molecule has 3 rings (SSSR count). The summed E-state index contributed by atoms with van der Waals surface area (Å²) in [5, 5.41) is 8.65. The fourth-order valence-corrected chi connectivity index (χ4v) is 3.20. The van der Waals surface area contributed by atoms with Gasteiger partial charge in [-0.3, -0.25) is 9.80 Å². The van der Waals surface area contributed by atoms with E-state index in [1.54, 1.807) is 0 Å². The Balaban J connectivity index is 1.60. The minimum absolute atomic E-state index is 0.309. The molecular formula is C20H24N2O3. The maximum Gasteiger partial charge on any atom is 0.341 e. The van der Waals surface area contributed by atoms with Gasteiger partial charge in [0.15, 0.2) is 6.61 Å². The van der Waals surface area contributed by atoms with E-state index in [9.17, 15) is 4.79 Å². The lowest BCUT2D eigenvalue weighted by atomic mass is 10.0. The molecule has 0 radical (unpaired) electrons. The zero-order chi connectivity index (χ0) is 17.6. The average molecular weight is 340 g/mol. The van der Waals surface area contributed by atoms with Crippen LogP contribution < -0.4 is 4.74 Å². The van der Waals surface area contributed by atoms with E-state index in [2.05, 4.69) is 47.2 Å². The summed E-state index contributed by atoms with van der Waals surface area (Å²) in [6.07, 6.45) is 0. The van der Waals surface area contributed by atoms with Crippen LogP contribution in [0.5, 0.6) is 5.75 Å². The lowest BCUT2D eigenvalue weighted by Crippen LogP contribution is -2.46. The monoisotopic (exact) mass is 340 g/mol. The summed E-state index contributed by atoms with van der Waals surface area (Å²) in [6.45, 7) is 3.65. The SMILES string of the molecule is CN1CCN(Cc2ccc(OCC(=O)O)cc2)C[C@H]1c1ccccc1. The van der Waals surface area contributed by atoms with Crippen LogP contribution in [-0.2, 0) is 11.3 Å². The van der Waals surface area contributed by atoms with Gasteiger partial charge < -0.3 is 9.84 Å². The second-order valence-corrected chi connectivity index (χ2v) is 6.47. The van der Waals surface area contributed by atoms with E-state index in [0.717, 1.165) is 26.2 Å². The van der Waals surface area contributed by atoms with Crippen molar-refractivity contribution in [1.82, 2.24) is 9.80 Å². The van der Waals surface area contributed by atoms with E-state index >= 15 is 0 Å². The third-order valence-electron chi connectivity index (χ3n) is 4.61. The normalized spacial score (nSPS) is 18.8. The molecule has 0 aliphatic carbocycles. The Morgan fingerprint density at radius 1 is 1.12 bits per heavy atom. The number of hydrogen-bond acceptors (Lipinski definition) is 4. The third kappa shape index (κ3) is 4.81. The molecule has 1 N–H and O–H groups in total. The predicted molar refractivity (Wildman–Crippen MR) is 96.7 cm³/mol. The standard InChI is InChI=1S/C20H24N2O3/c1-21-11-12-22(14-19(21)17-5-3-2-4-6-17)13-16-7-9-18(10-8-16)25-15-20(23)24/h2-10,19H,11-15H2,1H3,(H,23,24)/t19-/m0/s1. The summed E-state index contributed by atoms with van der Waals surface area (Å²) in [6, 6.07) is 18.7. The van der Waals surface area contributed by atoms with Crippen LogP contribution in [0.15, 0.2) is 54.6 Å². The maximum absolute atomic E-state index is 10.5. The number of aliphatic carboxylic acids is 1. The molecule has 132 valence electrons. The number of hydrogen-bond donors (Lipinski definition) is 1. The zero-order valence-corrected chi connectivity index (χ0v) is 14.5. The highest BCUT2D eigenvalue weighted by Crippen LogP contribution is 2.25. The minimum Gasteiger partial charge on any atom is -0.482 e. The summed E-state index contributed by atoms with van der Waals surface area (Å²) < 4.78 is 5.18. The molecule has 2 aromatic carbocycles. The molecule has 1 saturated heterocycles. The number of piperazine rings is 1. The van der Waals surface area contributed by atoms with Crippen molar-refractivity contribution in [2.75, 3.05) is 33.3 Å². The van der Waals surface area contributed by atoms with Crippen LogP contribution in [-0.4, -0.2) is 54.2 Å². The van der Waals surface area contributed by atoms with Gasteiger partial charge >= 0.3 is 5.97 Å². The van der Waals surface area contributed by atoms with Gasteiger partial charge in [0.1, 0.15) is 5.75 Å². The second-order valence-electron chi connectivity index (χ2n) is 6.47. The Bertz CT molecular complexity index is 688. The summed E-state index contributed by atoms with van der Waals surface area (Å²) in [5.74, 6) is -0.375. The highest BCUT2D eigenvalue weighted by molar-refractivity contribution is 5.68. The van der Waals surface area contributed by atoms with E-state index in [0.29, 0.717) is 11.8 Å². The minimum atomic E-state index is -0.964. The Morgan fingerprint density at radius 2 is 1.84 bits per heavy atom. The number of rotatable bonds is 6. The predicted octanol–water partition coefficient (Wildman–Crippen LogP) is 2.64. The molecule has 1 fully saturated rings. The summed E-state index contributed by atoms with van der Waals surface area (Å²) in [7, 11) is 2.18. The molecule has 0 aromatic heterocycles. The number of benzene rings is 2. The van der Waals surface area contributed by atoms with Gasteiger partial charge in [-0.05, 0) is 30.3 Å². The molecule has 5 heteroatoms. The van der Waals surface area contributed by atoms with Crippen LogP contribution in [0, 0.1) is 0 Å². The maximum atomic E-state index is 10.5. The third-order valence-corrected chi connectivity index (χ3v) is 4.61. The largest absolute Gasteiger partial charge is 0.482 e. The summed E-state index contributed by atoms with van der Waals surface area (Å²) in [4.78, 5) is 15.4. The number of carbonyl (C=O) groups is 1. The number of ether oxygens (including phenoxy) is 1. The Kier molecular flexibility index (Phi) is 5.68. The number of nitrogens with zero attached hydrogens (tertiary/aromatic N) is 2. The molecule has 25 heavy (non-hydrogen) atoms. The number of likely N-dealkylation sites (N-methyl/N-ethyl adjacent to an activating group) is 1. The second kappa shape index (κ2) is 8.14. The molecular weight excluding hydrogens is 316 g/mol. The highest BCUT2D eigenvalue weighted by atomic mass is 16.5. The van der Waals surface area contributed by atoms with Gasteiger partial charge in [0.05, 0.1) is 0 Å². The van der Waals surface area contributed by atoms with Crippen molar-refractivity contribution >= 4 is 5.97 Å². The van der Waals surface area contributed by atoms with Crippen LogP contribution in [0.3, 0.4) is 0 Å². The first-order valence-electron chi connectivity index (χ1n) is 8.53. The van der Waals surface area contributed by atoms with Crippen molar-refractivity contribution in [2.24, 2.45) is 0 Å². The van der Waals surface area contributed by atoms with Gasteiger partial charge in [-0.1, -0.05) is 42.5 Å². The zero-order valence-electron chi connectivity index (χ0n) is 14.5. The Hall–Kier alpha value is -2.37. The van der Waals surface area contributed by atoms with Crippen LogP contribution in [0.25, 0.3) is 0 Å². The molecule has 1 heterocycles. The molecule has 1 aliphatic rings. The number of carboxylic acids is 1. The summed E-state index contributed by atoms with van der Waals surface area (Å²) in [5.41, 5.74) is 2.56. The lowest BCUT2D eigenvalue weighted by Gasteiger charge is -2.39. The van der Waals surface area contributed by atoms with Crippen molar-refractivity contribution in [3.8, 4) is 5.75 Å². The van der Waals surface area contributed by atoms with Crippen molar-refractivity contribution in [1.29, 1.82) is 0 Å². The molecule has 0 spiro atoms. The quantitative estimate of drug-likeness (QED) is 0.876. The van der Waals surface area contributed by atoms with Crippen LogP contribution in [0.4, 0.5) is 0 Å². The molecule has 0 amide bonds. The van der Waals surface area contributed by atoms with Crippen LogP contribution >= 0.6 is 0 Å². The van der Waals surface area contributed by atoms with E-state index in [1.165, 1.54) is 11.1 Å². The average Bonchev–Trinajstić information content (AvgIpc) is 2.63. The molecule has 2 aromatic rings. The van der Waals surface area contributed by atoms with Crippen molar-refractivity contribution in [3.05, 3.63) is 65.7 Å². The van der Waals surface area contributed by atoms with Gasteiger partial charge in [0.25, 0.3) is 0 Å². The number of carboxylic acid groups (broad SMARTS) is 1. The summed E-state index contributed by atoms with van der Waals surface area (Å²) >= 11 is 0. The van der Waals surface area contributed by atoms with E-state index in [4.69, 9.17) is 9.84 Å². The first kappa shape index (κ1) is 17.5. The van der Waals surface area contributed by atoms with Crippen LogP contribution in [0.1, 0.15) is 17.2 Å². The smallest absolute Gasteiger partial charge is 0.341 e. The molecule has 1 aliphatic heterocycles. The Morgan fingerprint density at radius 3 is 2.52 bits per heavy atom. The van der Waals surface area contributed by atoms with Crippen molar-refractivity contribution in [3.63, 3.8) is 0 Å². The van der Waals surface area contributed by atoms with Gasteiger partial charge in [-0.15, -0.1) is 0 Å². The van der Waals surface area contributed by atoms with E-state index in [-0.39, 0.29) is 6.61 Å². The van der Waals surface area contributed by atoms with Crippen molar-refractivity contribution < 1.29 is 14.6 Å². The topological polar surface area (TPSA) is 53.0 Å². The van der Waals surface area contributed by atoms with Gasteiger partial charge in [0.2, 0.25) is 0 Å². The molecule has 0 bridgehead atoms. The fourth-order valence-electron chi connectivity index (χ4n) is 3.20. The van der Waals surface area contributed by atoms with E-state index < -0.39 is 5.97 Å². The molecule has 0 unspecified atom stereocenters. The van der Waals surface area contributed by atoms with Gasteiger partial charge in [0, 0.05) is 32.2 Å². The highest BCUT2D eigenvalue weighted by Gasteiger charge is 2.25. The molecule has 5 nitrogen and oxygen atoms in total. The van der Waals surface area contributed by atoms with Crippen molar-refractivity contribution in [2.45, 2.75) is 12.6 Å². The molecule has 1 atom stereocenters. The first-order chi connectivity index (χ1) is 12.1. The first-order valence-corrected chi connectivity index (χ1v) is 8.53. The lowest BCUT2D eigenvalue weighted by molar-refractivity contribution is -0.139. The van der Waals surface area contributed by atoms with Gasteiger partial charge in [-0.25, -0.2) is 4.79 Å². The molecule has 0 saturated carbocycles. The van der Waals surface area contributed by atoms with Crippen LogP contribution in [0.2, 0.25) is 0 Å².